The number of sulfonamides is 1. The number of aromatic nitrogens is 2. The largest absolute Gasteiger partial charge is 0.449 e. The van der Waals surface area contributed by atoms with Crippen LogP contribution >= 0.6 is 0 Å². The lowest BCUT2D eigenvalue weighted by molar-refractivity contribution is -0.0440. The van der Waals surface area contributed by atoms with Gasteiger partial charge in [0.2, 0.25) is 15.9 Å². The maximum absolute atomic E-state index is 13.1. The molecule has 2 heterocycles. The van der Waals surface area contributed by atoms with Crippen molar-refractivity contribution < 1.29 is 27.1 Å². The molecule has 9 nitrogen and oxygen atoms in total. The van der Waals surface area contributed by atoms with E-state index < -0.39 is 22.1 Å². The number of rotatable bonds is 6. The summed E-state index contributed by atoms with van der Waals surface area (Å²) in [5.41, 5.74) is 0.861. The van der Waals surface area contributed by atoms with Crippen LogP contribution in [0.25, 0.3) is 11.5 Å². The van der Waals surface area contributed by atoms with Crippen molar-refractivity contribution in [1.82, 2.24) is 14.5 Å². The molecule has 3 atom stereocenters. The number of carbonyl (C=O) groups excluding carboxylic acids is 1. The average molecular weight is 472 g/mol. The van der Waals surface area contributed by atoms with Crippen molar-refractivity contribution in [2.75, 3.05) is 13.1 Å². The Morgan fingerprint density at radius 2 is 1.76 bits per heavy atom. The third kappa shape index (κ3) is 5.13. The second kappa shape index (κ2) is 9.42. The lowest BCUT2D eigenvalue weighted by Gasteiger charge is -2.34. The lowest BCUT2D eigenvalue weighted by Crippen LogP contribution is -2.48. The molecule has 0 N–H and O–H groups in total. The van der Waals surface area contributed by atoms with Crippen LogP contribution in [-0.2, 0) is 19.5 Å². The Labute approximate surface area is 192 Å². The van der Waals surface area contributed by atoms with Crippen molar-refractivity contribution in [2.24, 2.45) is 0 Å². The van der Waals surface area contributed by atoms with E-state index in [0.717, 1.165) is 5.56 Å². The summed E-state index contributed by atoms with van der Waals surface area (Å²) in [4.78, 5) is 12.7. The lowest BCUT2D eigenvalue weighted by atomic mass is 10.2. The summed E-state index contributed by atoms with van der Waals surface area (Å²) >= 11 is 0. The van der Waals surface area contributed by atoms with E-state index in [2.05, 4.69) is 10.2 Å². The Hall–Kier alpha value is -3.08. The fourth-order valence-corrected chi connectivity index (χ4v) is 5.27. The molecule has 1 fully saturated rings. The maximum atomic E-state index is 13.1. The average Bonchev–Trinajstić information content (AvgIpc) is 3.30. The monoisotopic (exact) mass is 471 g/mol. The highest BCUT2D eigenvalue weighted by atomic mass is 32.2. The first kappa shape index (κ1) is 23.1. The van der Waals surface area contributed by atoms with Crippen molar-refractivity contribution in [3.63, 3.8) is 0 Å². The minimum atomic E-state index is -3.79. The highest BCUT2D eigenvalue weighted by molar-refractivity contribution is 7.89. The summed E-state index contributed by atoms with van der Waals surface area (Å²) in [6.45, 7) is 5.76. The first-order valence-electron chi connectivity index (χ1n) is 10.6. The number of hydrogen-bond donors (Lipinski definition) is 0. The fraction of sp³-hybridized carbons (Fsp3) is 0.348. The highest BCUT2D eigenvalue weighted by Crippen LogP contribution is 2.25. The van der Waals surface area contributed by atoms with E-state index in [-0.39, 0.29) is 41.6 Å². The van der Waals surface area contributed by atoms with Gasteiger partial charge in [-0.3, -0.25) is 0 Å². The number of esters is 1. The van der Waals surface area contributed by atoms with E-state index in [1.165, 1.54) is 28.6 Å². The van der Waals surface area contributed by atoms with Crippen LogP contribution in [0.4, 0.5) is 0 Å². The highest BCUT2D eigenvalue weighted by Gasteiger charge is 2.32. The number of hydrogen-bond acceptors (Lipinski definition) is 8. The second-order valence-electron chi connectivity index (χ2n) is 7.97. The molecular formula is C23H25N3O6S. The first-order valence-corrected chi connectivity index (χ1v) is 12.0. The minimum Gasteiger partial charge on any atom is -0.449 e. The third-order valence-corrected chi connectivity index (χ3v) is 7.01. The molecule has 3 aromatic rings. The van der Waals surface area contributed by atoms with E-state index in [9.17, 15) is 13.2 Å². The molecular weight excluding hydrogens is 446 g/mol. The van der Waals surface area contributed by atoms with Crippen LogP contribution in [0, 0.1) is 0 Å². The predicted octanol–water partition coefficient (Wildman–Crippen LogP) is 3.45. The van der Waals surface area contributed by atoms with Gasteiger partial charge in [-0.05, 0) is 51.1 Å². The molecule has 1 saturated heterocycles. The van der Waals surface area contributed by atoms with Crippen molar-refractivity contribution in [1.29, 1.82) is 0 Å². The Morgan fingerprint density at radius 1 is 1.06 bits per heavy atom. The Morgan fingerprint density at radius 3 is 2.45 bits per heavy atom. The molecule has 1 aliphatic heterocycles. The van der Waals surface area contributed by atoms with Crippen LogP contribution in [-0.4, -0.2) is 54.2 Å². The maximum Gasteiger partial charge on any atom is 0.338 e. The standard InChI is InChI=1S/C23H25N3O6S/c1-15-13-26(14-16(2)30-15)33(28,29)20-11-7-10-19(12-20)23(27)31-17(3)21-24-25-22(32-21)18-8-5-4-6-9-18/h4-12,15-17H,13-14H2,1-3H3/t15-,16+,17-/m0/s1. The van der Waals surface area contributed by atoms with Crippen LogP contribution in [0.15, 0.2) is 63.9 Å². The van der Waals surface area contributed by atoms with Gasteiger partial charge in [-0.25, -0.2) is 13.2 Å². The summed E-state index contributed by atoms with van der Waals surface area (Å²) in [6, 6.07) is 15.0. The molecule has 4 rings (SSSR count). The van der Waals surface area contributed by atoms with Gasteiger partial charge >= 0.3 is 5.97 Å². The Kier molecular flexibility index (Phi) is 6.59. The predicted molar refractivity (Wildman–Crippen MR) is 119 cm³/mol. The number of ether oxygens (including phenoxy) is 2. The summed E-state index contributed by atoms with van der Waals surface area (Å²) in [5.74, 6) is -0.236. The van der Waals surface area contributed by atoms with Gasteiger partial charge in [0.15, 0.2) is 6.10 Å². The molecule has 2 aromatic carbocycles. The van der Waals surface area contributed by atoms with Crippen LogP contribution in [0.1, 0.15) is 43.1 Å². The smallest absolute Gasteiger partial charge is 0.338 e. The van der Waals surface area contributed by atoms with Crippen LogP contribution in [0.5, 0.6) is 0 Å². The molecule has 0 radical (unpaired) electrons. The fourth-order valence-electron chi connectivity index (χ4n) is 3.63. The van der Waals surface area contributed by atoms with Crippen LogP contribution in [0.2, 0.25) is 0 Å². The first-order chi connectivity index (χ1) is 15.7. The molecule has 10 heteroatoms. The summed E-state index contributed by atoms with van der Waals surface area (Å²) in [7, 11) is -3.79. The quantitative estimate of drug-likeness (QED) is 0.503. The van der Waals surface area contributed by atoms with E-state index in [4.69, 9.17) is 13.9 Å². The van der Waals surface area contributed by atoms with Crippen LogP contribution in [0.3, 0.4) is 0 Å². The number of morpholine rings is 1. The van der Waals surface area contributed by atoms with Gasteiger partial charge in [-0.2, -0.15) is 4.31 Å². The molecule has 1 aromatic heterocycles. The molecule has 0 bridgehead atoms. The Balaban J connectivity index is 1.48. The molecule has 1 aliphatic rings. The molecule has 0 spiro atoms. The van der Waals surface area contributed by atoms with Gasteiger partial charge in [0, 0.05) is 18.7 Å². The SMILES string of the molecule is C[C@@H]1CN(S(=O)(=O)c2cccc(C(=O)O[C@@H](C)c3nnc(-c4ccccc4)o3)c2)C[C@H](C)O1. The van der Waals surface area contributed by atoms with E-state index in [1.54, 1.807) is 6.92 Å². The molecule has 174 valence electrons. The number of nitrogens with zero attached hydrogens (tertiary/aromatic N) is 3. The van der Waals surface area contributed by atoms with E-state index >= 15 is 0 Å². The minimum absolute atomic E-state index is 0.0232. The third-order valence-electron chi connectivity index (χ3n) is 5.19. The summed E-state index contributed by atoms with van der Waals surface area (Å²) in [6.07, 6.45) is -1.25. The number of carbonyl (C=O) groups is 1. The Bertz CT molecular complexity index is 1220. The van der Waals surface area contributed by atoms with Gasteiger partial charge in [0.1, 0.15) is 0 Å². The van der Waals surface area contributed by atoms with Crippen molar-refractivity contribution in [2.45, 2.75) is 44.0 Å². The molecule has 33 heavy (non-hydrogen) atoms. The number of benzene rings is 2. The summed E-state index contributed by atoms with van der Waals surface area (Å²) < 4.78 is 44.3. The molecule has 0 saturated carbocycles. The van der Waals surface area contributed by atoms with Crippen molar-refractivity contribution >= 4 is 16.0 Å². The van der Waals surface area contributed by atoms with Crippen molar-refractivity contribution in [3.8, 4) is 11.5 Å². The molecule has 0 amide bonds. The summed E-state index contributed by atoms with van der Waals surface area (Å²) in [5, 5.41) is 7.96. The normalized spacial score (nSPS) is 20.3. The van der Waals surface area contributed by atoms with E-state index in [1.807, 2.05) is 44.2 Å². The van der Waals surface area contributed by atoms with E-state index in [0.29, 0.717) is 5.89 Å². The van der Waals surface area contributed by atoms with Gasteiger partial charge in [-0.15, -0.1) is 10.2 Å². The topological polar surface area (TPSA) is 112 Å². The van der Waals surface area contributed by atoms with Gasteiger partial charge in [0.05, 0.1) is 22.7 Å². The zero-order chi connectivity index (χ0) is 23.6. The van der Waals surface area contributed by atoms with Gasteiger partial charge in [0.25, 0.3) is 5.89 Å². The molecule has 0 unspecified atom stereocenters. The second-order valence-corrected chi connectivity index (χ2v) is 9.90. The zero-order valence-corrected chi connectivity index (χ0v) is 19.4. The van der Waals surface area contributed by atoms with Gasteiger partial charge in [-0.1, -0.05) is 24.3 Å². The zero-order valence-electron chi connectivity index (χ0n) is 18.5. The van der Waals surface area contributed by atoms with Crippen molar-refractivity contribution in [3.05, 3.63) is 66.1 Å². The molecule has 0 aliphatic carbocycles. The van der Waals surface area contributed by atoms with Gasteiger partial charge < -0.3 is 13.9 Å². The van der Waals surface area contributed by atoms with Crippen LogP contribution < -0.4 is 0 Å².